The third kappa shape index (κ3) is 3.68. The summed E-state index contributed by atoms with van der Waals surface area (Å²) in [7, 11) is 3.64. The summed E-state index contributed by atoms with van der Waals surface area (Å²) in [6.45, 7) is 10.8. The molecule has 0 amide bonds. The van der Waals surface area contributed by atoms with Crippen LogP contribution >= 0.6 is 7.92 Å². The van der Waals surface area contributed by atoms with E-state index in [0.717, 1.165) is 5.66 Å². The monoisotopic (exact) mass is 248 g/mol. The van der Waals surface area contributed by atoms with Crippen LogP contribution < -0.4 is 0 Å². The first-order chi connectivity index (χ1) is 7.55. The Bertz CT molecular complexity index is 179. The normalized spacial score (nSPS) is 25.5. The first-order valence-electron chi connectivity index (χ1n) is 6.32. The largest absolute Gasteiger partial charge is 0.353 e. The molecule has 16 heavy (non-hydrogen) atoms. The maximum absolute atomic E-state index is 5.54. The third-order valence-corrected chi connectivity index (χ3v) is 5.57. The van der Waals surface area contributed by atoms with Gasteiger partial charge in [0, 0.05) is 20.1 Å². The number of ether oxygens (including phenoxy) is 2. The van der Waals surface area contributed by atoms with Gasteiger partial charge in [0.1, 0.15) is 0 Å². The van der Waals surface area contributed by atoms with Gasteiger partial charge in [0.15, 0.2) is 5.79 Å². The van der Waals surface area contributed by atoms with Gasteiger partial charge in [-0.1, -0.05) is 20.3 Å². The molecule has 98 valence electrons. The first-order valence-corrected chi connectivity index (χ1v) is 8.62. The summed E-state index contributed by atoms with van der Waals surface area (Å²) in [6, 6.07) is 0. The smallest absolute Gasteiger partial charge is 0.168 e. The van der Waals surface area contributed by atoms with E-state index in [0.29, 0.717) is 5.92 Å². The summed E-state index contributed by atoms with van der Waals surface area (Å²) in [6.07, 6.45) is 3.94. The molecule has 1 fully saturated rings. The Labute approximate surface area is 103 Å². The van der Waals surface area contributed by atoms with Gasteiger partial charge in [-0.05, 0) is 38.8 Å². The van der Waals surface area contributed by atoms with Crippen molar-refractivity contribution in [3.8, 4) is 0 Å². The maximum Gasteiger partial charge on any atom is 0.168 e. The Morgan fingerprint density at radius 1 is 1.06 bits per heavy atom. The van der Waals surface area contributed by atoms with E-state index >= 15 is 0 Å². The highest BCUT2D eigenvalue weighted by atomic mass is 31.1. The van der Waals surface area contributed by atoms with E-state index in [-0.39, 0.29) is 13.7 Å². The van der Waals surface area contributed by atoms with Gasteiger partial charge >= 0.3 is 0 Å². The molecule has 0 aromatic rings. The van der Waals surface area contributed by atoms with Crippen molar-refractivity contribution in [2.45, 2.75) is 51.5 Å². The lowest BCUT2D eigenvalue weighted by atomic mass is 9.98. The predicted molar refractivity (Wildman–Crippen MR) is 73.7 cm³/mol. The molecule has 0 saturated heterocycles. The minimum Gasteiger partial charge on any atom is -0.353 e. The van der Waals surface area contributed by atoms with Crippen LogP contribution in [0, 0.1) is 5.92 Å². The lowest BCUT2D eigenvalue weighted by Gasteiger charge is -2.37. The minimum absolute atomic E-state index is 0.123. The summed E-state index contributed by atoms with van der Waals surface area (Å²) in [5.41, 5.74) is 0.815. The van der Waals surface area contributed by atoms with Crippen LogP contribution in [0.25, 0.3) is 0 Å². The molecular weight excluding hydrogens is 219 g/mol. The molecule has 0 heterocycles. The fourth-order valence-electron chi connectivity index (χ4n) is 2.56. The molecule has 0 spiro atoms. The molecule has 0 aliphatic heterocycles. The van der Waals surface area contributed by atoms with E-state index in [9.17, 15) is 0 Å². The molecule has 3 heteroatoms. The van der Waals surface area contributed by atoms with Gasteiger partial charge < -0.3 is 9.47 Å². The van der Waals surface area contributed by atoms with E-state index in [2.05, 4.69) is 20.3 Å². The summed E-state index contributed by atoms with van der Waals surface area (Å²) < 4.78 is 11.1. The number of methoxy groups -OCH3 is 2. The molecule has 0 aromatic heterocycles. The third-order valence-electron chi connectivity index (χ3n) is 3.63. The van der Waals surface area contributed by atoms with Crippen molar-refractivity contribution in [2.24, 2.45) is 5.92 Å². The lowest BCUT2D eigenvalue weighted by Crippen LogP contribution is -2.42. The van der Waals surface area contributed by atoms with Gasteiger partial charge in [0.25, 0.3) is 0 Å². The Kier molecular flexibility index (Phi) is 7.80. The van der Waals surface area contributed by atoms with Gasteiger partial charge in [-0.15, -0.1) is 7.92 Å². The zero-order valence-electron chi connectivity index (χ0n) is 12.0. The lowest BCUT2D eigenvalue weighted by molar-refractivity contribution is -0.224. The SMILES string of the molecule is CC.COC(C)(OC)C1CCCC1P(C)C. The zero-order valence-corrected chi connectivity index (χ0v) is 12.9. The van der Waals surface area contributed by atoms with Gasteiger partial charge in [-0.3, -0.25) is 0 Å². The molecule has 1 rings (SSSR count). The molecule has 2 unspecified atom stereocenters. The topological polar surface area (TPSA) is 18.5 Å². The number of hydrogen-bond donors (Lipinski definition) is 0. The van der Waals surface area contributed by atoms with E-state index in [4.69, 9.17) is 9.47 Å². The highest BCUT2D eigenvalue weighted by molar-refractivity contribution is 7.56. The average molecular weight is 248 g/mol. The maximum atomic E-state index is 5.54. The molecule has 0 N–H and O–H groups in total. The summed E-state index contributed by atoms with van der Waals surface area (Å²) in [5.74, 6) is 0.215. The minimum atomic E-state index is -0.367. The Balaban J connectivity index is 0.00000106. The van der Waals surface area contributed by atoms with Gasteiger partial charge in [0.2, 0.25) is 0 Å². The van der Waals surface area contributed by atoms with Crippen molar-refractivity contribution in [1.82, 2.24) is 0 Å². The van der Waals surface area contributed by atoms with Crippen molar-refractivity contribution >= 4 is 7.92 Å². The highest BCUT2D eigenvalue weighted by Crippen LogP contribution is 2.50. The molecule has 1 aliphatic rings. The molecule has 0 radical (unpaired) electrons. The Hall–Kier alpha value is 0.350. The van der Waals surface area contributed by atoms with Crippen LogP contribution in [0.5, 0.6) is 0 Å². The summed E-state index contributed by atoms with van der Waals surface area (Å²) >= 11 is 0. The molecule has 0 aromatic carbocycles. The first kappa shape index (κ1) is 16.4. The zero-order chi connectivity index (χ0) is 12.8. The average Bonchev–Trinajstić information content (AvgIpc) is 2.80. The second kappa shape index (κ2) is 7.63. The fraction of sp³-hybridized carbons (Fsp3) is 1.00. The van der Waals surface area contributed by atoms with Crippen LogP contribution in [-0.4, -0.2) is 39.0 Å². The number of rotatable bonds is 4. The van der Waals surface area contributed by atoms with Crippen LogP contribution in [0.3, 0.4) is 0 Å². The Morgan fingerprint density at radius 3 is 1.94 bits per heavy atom. The molecule has 1 aliphatic carbocycles. The summed E-state index contributed by atoms with van der Waals surface area (Å²) in [4.78, 5) is 0. The van der Waals surface area contributed by atoms with E-state index < -0.39 is 0 Å². The molecule has 0 bridgehead atoms. The van der Waals surface area contributed by atoms with Gasteiger partial charge in [-0.2, -0.15) is 0 Å². The molecule has 2 nitrogen and oxygen atoms in total. The molecule has 1 saturated carbocycles. The van der Waals surface area contributed by atoms with Crippen LogP contribution in [-0.2, 0) is 9.47 Å². The van der Waals surface area contributed by atoms with Crippen molar-refractivity contribution in [1.29, 1.82) is 0 Å². The van der Waals surface area contributed by atoms with Crippen LogP contribution in [0.2, 0.25) is 0 Å². The van der Waals surface area contributed by atoms with Gasteiger partial charge in [-0.25, -0.2) is 0 Å². The van der Waals surface area contributed by atoms with Gasteiger partial charge in [0.05, 0.1) is 0 Å². The summed E-state index contributed by atoms with van der Waals surface area (Å²) in [5, 5.41) is 0. The molecule has 2 atom stereocenters. The van der Waals surface area contributed by atoms with Crippen LogP contribution in [0.4, 0.5) is 0 Å². The quantitative estimate of drug-likeness (QED) is 0.554. The molecular formula is C13H29O2P. The second-order valence-corrected chi connectivity index (χ2v) is 7.08. The number of hydrogen-bond acceptors (Lipinski definition) is 2. The highest BCUT2D eigenvalue weighted by Gasteiger charge is 2.43. The van der Waals surface area contributed by atoms with E-state index in [1.807, 2.05) is 13.8 Å². The van der Waals surface area contributed by atoms with Crippen molar-refractivity contribution in [3.63, 3.8) is 0 Å². The standard InChI is InChI=1S/C11H23O2P.C2H6/c1-11(12-2,13-3)9-7-6-8-10(9)14(4)5;1-2/h9-10H,6-8H2,1-5H3;1-2H3. The van der Waals surface area contributed by atoms with Crippen molar-refractivity contribution < 1.29 is 9.47 Å². The second-order valence-electron chi connectivity index (χ2n) is 4.49. The van der Waals surface area contributed by atoms with Crippen molar-refractivity contribution in [2.75, 3.05) is 27.5 Å². The predicted octanol–water partition coefficient (Wildman–Crippen LogP) is 3.93. The van der Waals surface area contributed by atoms with Crippen LogP contribution in [0.1, 0.15) is 40.0 Å². The van der Waals surface area contributed by atoms with E-state index in [1.165, 1.54) is 19.3 Å². The van der Waals surface area contributed by atoms with E-state index in [1.54, 1.807) is 14.2 Å². The Morgan fingerprint density at radius 2 is 1.56 bits per heavy atom. The fourth-order valence-corrected chi connectivity index (χ4v) is 4.39. The van der Waals surface area contributed by atoms with Crippen molar-refractivity contribution in [3.05, 3.63) is 0 Å². The van der Waals surface area contributed by atoms with Crippen LogP contribution in [0.15, 0.2) is 0 Å².